The number of hydrogen-bond donors (Lipinski definition) is 2. The van der Waals surface area contributed by atoms with Gasteiger partial charge in [0.15, 0.2) is 17.3 Å². The summed E-state index contributed by atoms with van der Waals surface area (Å²) >= 11 is 1.36. The largest absolute Gasteiger partial charge is 0.505 e. The predicted molar refractivity (Wildman–Crippen MR) is 73.6 cm³/mol. The van der Waals surface area contributed by atoms with E-state index in [0.29, 0.717) is 17.1 Å². The molecule has 1 aromatic carbocycles. The first-order valence-corrected chi connectivity index (χ1v) is 6.74. The van der Waals surface area contributed by atoms with Crippen LogP contribution in [0.1, 0.15) is 24.2 Å². The summed E-state index contributed by atoms with van der Waals surface area (Å²) in [5, 5.41) is 14.0. The molecule has 2 aromatic rings. The van der Waals surface area contributed by atoms with Crippen LogP contribution in [0, 0.1) is 0 Å². The van der Waals surface area contributed by atoms with E-state index in [4.69, 9.17) is 4.52 Å². The highest BCUT2D eigenvalue weighted by Crippen LogP contribution is 2.35. The van der Waals surface area contributed by atoms with Crippen LogP contribution >= 0.6 is 11.9 Å². The van der Waals surface area contributed by atoms with Crippen LogP contribution in [0.4, 0.5) is 0 Å². The van der Waals surface area contributed by atoms with Crippen molar-refractivity contribution in [2.45, 2.75) is 18.2 Å². The molecule has 102 valence electrons. The van der Waals surface area contributed by atoms with Gasteiger partial charge < -0.3 is 14.4 Å². The molecule has 3 rings (SSSR count). The normalized spacial score (nSPS) is 13.8. The van der Waals surface area contributed by atoms with Gasteiger partial charge in [-0.1, -0.05) is 17.3 Å². The second-order valence-corrected chi connectivity index (χ2v) is 5.17. The van der Waals surface area contributed by atoms with E-state index in [2.05, 4.69) is 14.9 Å². The van der Waals surface area contributed by atoms with Gasteiger partial charge in [-0.3, -0.25) is 4.79 Å². The molecule has 1 aromatic heterocycles. The molecule has 1 aliphatic heterocycles. The number of fused-ring (bicyclic) bond motifs is 1. The van der Waals surface area contributed by atoms with E-state index in [0.717, 1.165) is 4.90 Å². The number of rotatable bonds is 3. The molecule has 0 saturated carbocycles. The fraction of sp³-hybridized carbons (Fsp3) is 0.154. The topological polar surface area (TPSA) is 88.2 Å². The molecule has 0 aliphatic carbocycles. The Morgan fingerprint density at radius 3 is 3.05 bits per heavy atom. The Kier molecular flexibility index (Phi) is 3.19. The number of nitrogens with one attached hydrogen (secondary N) is 1. The van der Waals surface area contributed by atoms with Crippen molar-refractivity contribution in [2.75, 3.05) is 0 Å². The molecule has 0 fully saturated rings. The average molecular weight is 289 g/mol. The van der Waals surface area contributed by atoms with Crippen LogP contribution in [-0.4, -0.2) is 21.0 Å². The zero-order valence-electron chi connectivity index (χ0n) is 10.6. The zero-order valence-corrected chi connectivity index (χ0v) is 11.4. The molecule has 0 amide bonds. The van der Waals surface area contributed by atoms with E-state index in [-0.39, 0.29) is 23.9 Å². The molecule has 2 heterocycles. The number of carbonyl (C=O) groups excluding carboxylic acids is 1. The monoisotopic (exact) mass is 289 g/mol. The Bertz CT molecular complexity index is 708. The fourth-order valence-electron chi connectivity index (χ4n) is 1.84. The van der Waals surface area contributed by atoms with Crippen molar-refractivity contribution in [2.24, 2.45) is 0 Å². The van der Waals surface area contributed by atoms with Gasteiger partial charge in [0, 0.05) is 10.5 Å². The van der Waals surface area contributed by atoms with E-state index in [9.17, 15) is 9.90 Å². The Labute approximate surface area is 119 Å². The minimum atomic E-state index is -0.0492. The molecule has 0 spiro atoms. The Balaban J connectivity index is 1.98. The van der Waals surface area contributed by atoms with Crippen LogP contribution in [0.5, 0.6) is 0 Å². The van der Waals surface area contributed by atoms with Crippen LogP contribution in [-0.2, 0) is 11.2 Å². The fourth-order valence-corrected chi connectivity index (χ4v) is 2.65. The number of ketones is 1. The van der Waals surface area contributed by atoms with E-state index < -0.39 is 0 Å². The Morgan fingerprint density at radius 2 is 2.25 bits per heavy atom. The smallest absolute Gasteiger partial charge is 0.278 e. The van der Waals surface area contributed by atoms with E-state index in [1.807, 2.05) is 24.3 Å². The maximum Gasteiger partial charge on any atom is 0.278 e. The van der Waals surface area contributed by atoms with E-state index in [1.54, 1.807) is 0 Å². The second-order valence-electron chi connectivity index (χ2n) is 4.32. The number of aliphatic hydroxyl groups excluding tert-OH is 1. The van der Waals surface area contributed by atoms with Crippen LogP contribution in [0.15, 0.2) is 33.7 Å². The summed E-state index contributed by atoms with van der Waals surface area (Å²) < 4.78 is 8.06. The summed E-state index contributed by atoms with van der Waals surface area (Å²) in [6.45, 7) is 1.46. The van der Waals surface area contributed by atoms with Gasteiger partial charge >= 0.3 is 0 Å². The summed E-state index contributed by atoms with van der Waals surface area (Å²) in [7, 11) is 0. The van der Waals surface area contributed by atoms with Gasteiger partial charge in [-0.2, -0.15) is 4.98 Å². The van der Waals surface area contributed by atoms with Crippen molar-refractivity contribution < 1.29 is 14.4 Å². The maximum absolute atomic E-state index is 11.0. The predicted octanol–water partition coefficient (Wildman–Crippen LogP) is 2.20. The maximum atomic E-state index is 11.0. The molecule has 6 nitrogen and oxygen atoms in total. The number of aliphatic hydroxyl groups is 1. The quantitative estimate of drug-likeness (QED) is 0.837. The highest BCUT2D eigenvalue weighted by molar-refractivity contribution is 7.97. The van der Waals surface area contributed by atoms with Gasteiger partial charge in [0.2, 0.25) is 0 Å². The van der Waals surface area contributed by atoms with Gasteiger partial charge in [-0.15, -0.1) is 0 Å². The van der Waals surface area contributed by atoms with Gasteiger partial charge in [0.25, 0.3) is 5.89 Å². The molecule has 20 heavy (non-hydrogen) atoms. The van der Waals surface area contributed by atoms with Gasteiger partial charge in [-0.25, -0.2) is 0 Å². The highest BCUT2D eigenvalue weighted by Gasteiger charge is 2.24. The SMILES string of the molecule is CC(=O)Cc1noc(C2=C(O)c3ccccc3SN2)n1. The lowest BCUT2D eigenvalue weighted by molar-refractivity contribution is -0.116. The third kappa shape index (κ3) is 2.27. The minimum Gasteiger partial charge on any atom is -0.505 e. The van der Waals surface area contributed by atoms with Crippen molar-refractivity contribution in [3.05, 3.63) is 41.5 Å². The molecule has 0 unspecified atom stereocenters. The molecule has 0 bridgehead atoms. The number of aromatic nitrogens is 2. The summed E-state index contributed by atoms with van der Waals surface area (Å²) in [5.74, 6) is 0.475. The minimum absolute atomic E-state index is 0.0492. The number of hydrogen-bond acceptors (Lipinski definition) is 7. The average Bonchev–Trinajstić information content (AvgIpc) is 2.87. The number of nitrogens with zero attached hydrogens (tertiary/aromatic N) is 2. The molecular formula is C13H11N3O3S. The molecule has 7 heteroatoms. The third-order valence-electron chi connectivity index (χ3n) is 2.73. The van der Waals surface area contributed by atoms with Gasteiger partial charge in [0.1, 0.15) is 5.78 Å². The molecular weight excluding hydrogens is 278 g/mol. The van der Waals surface area contributed by atoms with Crippen molar-refractivity contribution >= 4 is 29.2 Å². The van der Waals surface area contributed by atoms with Crippen LogP contribution < -0.4 is 4.72 Å². The zero-order chi connectivity index (χ0) is 14.1. The van der Waals surface area contributed by atoms with E-state index in [1.165, 1.54) is 18.9 Å². The molecule has 0 saturated heterocycles. The summed E-state index contributed by atoms with van der Waals surface area (Å²) in [6, 6.07) is 7.44. The molecule has 0 atom stereocenters. The number of benzene rings is 1. The van der Waals surface area contributed by atoms with E-state index >= 15 is 0 Å². The first-order chi connectivity index (χ1) is 9.65. The summed E-state index contributed by atoms with van der Waals surface area (Å²) in [6.07, 6.45) is 0.112. The number of Topliss-reactive ketones (excluding diaryl/α,β-unsaturated/α-hetero) is 1. The lowest BCUT2D eigenvalue weighted by Crippen LogP contribution is -2.12. The van der Waals surface area contributed by atoms with Crippen molar-refractivity contribution in [3.8, 4) is 0 Å². The van der Waals surface area contributed by atoms with Gasteiger partial charge in [-0.05, 0) is 31.0 Å². The summed E-state index contributed by atoms with van der Waals surface area (Å²) in [4.78, 5) is 16.0. The first-order valence-electron chi connectivity index (χ1n) is 5.93. The van der Waals surface area contributed by atoms with Crippen LogP contribution in [0.2, 0.25) is 0 Å². The molecule has 0 radical (unpaired) electrons. The lowest BCUT2D eigenvalue weighted by Gasteiger charge is -2.17. The van der Waals surface area contributed by atoms with Crippen molar-refractivity contribution in [3.63, 3.8) is 0 Å². The Morgan fingerprint density at radius 1 is 1.45 bits per heavy atom. The van der Waals surface area contributed by atoms with Gasteiger partial charge in [0.05, 0.1) is 6.42 Å². The molecule has 2 N–H and O–H groups in total. The lowest BCUT2D eigenvalue weighted by atomic mass is 10.1. The summed E-state index contributed by atoms with van der Waals surface area (Å²) in [5.41, 5.74) is 1.06. The highest BCUT2D eigenvalue weighted by atomic mass is 32.2. The number of carbonyl (C=O) groups is 1. The van der Waals surface area contributed by atoms with Crippen molar-refractivity contribution in [1.29, 1.82) is 0 Å². The molecule has 1 aliphatic rings. The van der Waals surface area contributed by atoms with Crippen molar-refractivity contribution in [1.82, 2.24) is 14.9 Å². The first kappa shape index (κ1) is 12.7. The van der Waals surface area contributed by atoms with Crippen LogP contribution in [0.25, 0.3) is 11.5 Å². The second kappa shape index (κ2) is 5.01. The standard InChI is InChI=1S/C13H11N3O3S/c1-7(17)6-10-14-13(19-15-10)11-12(18)8-4-2-3-5-9(8)20-16-11/h2-5,16,18H,6H2,1H3. The Hall–Kier alpha value is -2.28. The third-order valence-corrected chi connectivity index (χ3v) is 3.61. The van der Waals surface area contributed by atoms with Crippen LogP contribution in [0.3, 0.4) is 0 Å².